The lowest BCUT2D eigenvalue weighted by molar-refractivity contribution is 0.405. The third-order valence-electron chi connectivity index (χ3n) is 4.35. The number of hydrogen-bond acceptors (Lipinski definition) is 2. The minimum Gasteiger partial charge on any atom is -0.221 e. The number of fused-ring (bicyclic) bond motifs is 2. The molecule has 2 bridgehead atoms. The van der Waals surface area contributed by atoms with Gasteiger partial charge < -0.3 is 0 Å². The first-order chi connectivity index (χ1) is 8.19. The van der Waals surface area contributed by atoms with Crippen LogP contribution in [0, 0.1) is 11.8 Å². The largest absolute Gasteiger partial charge is 0.221 e. The van der Waals surface area contributed by atoms with E-state index in [2.05, 4.69) is 9.97 Å². The third-order valence-corrected chi connectivity index (χ3v) is 4.97. The maximum atomic E-state index is 6.18. The molecule has 17 heavy (non-hydrogen) atoms. The number of nitrogens with zero attached hydrogens (tertiary/aromatic N) is 2. The molecule has 3 atom stereocenters. The van der Waals surface area contributed by atoms with Crippen LogP contribution in [0.1, 0.15) is 49.9 Å². The summed E-state index contributed by atoms with van der Waals surface area (Å²) in [5.41, 5.74) is 0.875. The summed E-state index contributed by atoms with van der Waals surface area (Å²) in [6, 6.07) is 0. The number of rotatable bonds is 2. The van der Waals surface area contributed by atoms with E-state index in [1.165, 1.54) is 25.7 Å². The Hall–Kier alpha value is -0.340. The molecule has 0 saturated heterocycles. The molecule has 2 aliphatic carbocycles. The fraction of sp³-hybridized carbons (Fsp3) is 0.692. The van der Waals surface area contributed by atoms with Crippen molar-refractivity contribution in [2.45, 2.75) is 44.9 Å². The van der Waals surface area contributed by atoms with E-state index in [9.17, 15) is 0 Å². The zero-order chi connectivity index (χ0) is 12.0. The maximum absolute atomic E-state index is 6.18. The van der Waals surface area contributed by atoms with Crippen LogP contribution >= 0.6 is 23.2 Å². The van der Waals surface area contributed by atoms with Crippen LogP contribution < -0.4 is 0 Å². The summed E-state index contributed by atoms with van der Waals surface area (Å²) in [5.74, 6) is 3.02. The highest BCUT2D eigenvalue weighted by Crippen LogP contribution is 2.52. The van der Waals surface area contributed by atoms with Gasteiger partial charge in [-0.25, -0.2) is 9.97 Å². The lowest BCUT2D eigenvalue weighted by Crippen LogP contribution is -2.13. The quantitative estimate of drug-likeness (QED) is 0.751. The fourth-order valence-electron chi connectivity index (χ4n) is 3.46. The van der Waals surface area contributed by atoms with Gasteiger partial charge >= 0.3 is 0 Å². The molecular weight excluding hydrogens is 255 g/mol. The summed E-state index contributed by atoms with van der Waals surface area (Å²) in [4.78, 5) is 8.95. The topological polar surface area (TPSA) is 25.8 Å². The van der Waals surface area contributed by atoms with Gasteiger partial charge in [-0.05, 0) is 37.5 Å². The second-order valence-electron chi connectivity index (χ2n) is 5.28. The smallest absolute Gasteiger partial charge is 0.137 e. The Morgan fingerprint density at radius 3 is 2.29 bits per heavy atom. The predicted octanol–water partition coefficient (Wildman–Crippen LogP) is 4.25. The van der Waals surface area contributed by atoms with Gasteiger partial charge in [-0.1, -0.05) is 36.5 Å². The molecule has 3 unspecified atom stereocenters. The molecular formula is C13H16Cl2N2. The molecule has 0 amide bonds. The van der Waals surface area contributed by atoms with Crippen LogP contribution in [0.15, 0.2) is 0 Å². The van der Waals surface area contributed by atoms with Crippen molar-refractivity contribution < 1.29 is 0 Å². The van der Waals surface area contributed by atoms with E-state index in [1.54, 1.807) is 0 Å². The fourth-order valence-corrected chi connectivity index (χ4v) is 4.13. The highest BCUT2D eigenvalue weighted by atomic mass is 35.5. The summed E-state index contributed by atoms with van der Waals surface area (Å²) < 4.78 is 0. The van der Waals surface area contributed by atoms with Crippen LogP contribution in [0.2, 0.25) is 10.3 Å². The molecule has 1 aromatic heterocycles. The van der Waals surface area contributed by atoms with Crippen molar-refractivity contribution in [2.24, 2.45) is 11.8 Å². The van der Waals surface area contributed by atoms with Gasteiger partial charge in [0.15, 0.2) is 0 Å². The Labute approximate surface area is 112 Å². The zero-order valence-electron chi connectivity index (χ0n) is 9.92. The van der Waals surface area contributed by atoms with Gasteiger partial charge in [0, 0.05) is 11.5 Å². The average molecular weight is 271 g/mol. The number of halogens is 2. The van der Waals surface area contributed by atoms with Gasteiger partial charge in [-0.15, -0.1) is 0 Å². The molecule has 2 aliphatic rings. The summed E-state index contributed by atoms with van der Waals surface area (Å²) in [5, 5.41) is 1.09. The second-order valence-corrected chi connectivity index (χ2v) is 5.99. The van der Waals surface area contributed by atoms with Crippen LogP contribution in [-0.4, -0.2) is 9.97 Å². The van der Waals surface area contributed by atoms with Crippen LogP contribution in [0.3, 0.4) is 0 Å². The molecule has 4 heteroatoms. The highest BCUT2D eigenvalue weighted by molar-refractivity contribution is 6.34. The first-order valence-corrected chi connectivity index (χ1v) is 7.16. The molecule has 0 spiro atoms. The Balaban J connectivity index is 1.94. The molecule has 0 radical (unpaired) electrons. The molecule has 0 N–H and O–H groups in total. The normalized spacial score (nSPS) is 31.1. The number of aromatic nitrogens is 2. The minimum atomic E-state index is 0.495. The summed E-state index contributed by atoms with van der Waals surface area (Å²) in [6.45, 7) is 2.02. The van der Waals surface area contributed by atoms with Crippen molar-refractivity contribution in [1.29, 1.82) is 0 Å². The summed E-state index contributed by atoms with van der Waals surface area (Å²) >= 11 is 12.4. The molecule has 2 fully saturated rings. The van der Waals surface area contributed by atoms with Crippen molar-refractivity contribution in [3.05, 3.63) is 21.7 Å². The lowest BCUT2D eigenvalue weighted by Gasteiger charge is -2.20. The molecule has 0 aliphatic heterocycles. The molecule has 1 aromatic rings. The molecule has 0 aromatic carbocycles. The van der Waals surface area contributed by atoms with Gasteiger partial charge in [0.05, 0.1) is 0 Å². The van der Waals surface area contributed by atoms with Crippen LogP contribution in [0.4, 0.5) is 0 Å². The predicted molar refractivity (Wildman–Crippen MR) is 69.6 cm³/mol. The Kier molecular flexibility index (Phi) is 3.04. The van der Waals surface area contributed by atoms with Gasteiger partial charge in [0.1, 0.15) is 16.1 Å². The Morgan fingerprint density at radius 1 is 1.12 bits per heavy atom. The van der Waals surface area contributed by atoms with E-state index < -0.39 is 0 Å². The zero-order valence-corrected chi connectivity index (χ0v) is 11.4. The van der Waals surface area contributed by atoms with Gasteiger partial charge in [-0.2, -0.15) is 0 Å². The number of hydrogen-bond donors (Lipinski definition) is 0. The van der Waals surface area contributed by atoms with E-state index in [1.807, 2.05) is 6.92 Å². The van der Waals surface area contributed by atoms with Crippen LogP contribution in [0.25, 0.3) is 0 Å². The summed E-state index contributed by atoms with van der Waals surface area (Å²) in [6.07, 6.45) is 6.06. The molecule has 2 saturated carbocycles. The Bertz CT molecular complexity index is 424. The van der Waals surface area contributed by atoms with E-state index >= 15 is 0 Å². The molecule has 1 heterocycles. The SMILES string of the molecule is CCc1c(Cl)nc(C2CC3CCC2C3)nc1Cl. The van der Waals surface area contributed by atoms with Crippen molar-refractivity contribution in [3.8, 4) is 0 Å². The monoisotopic (exact) mass is 270 g/mol. The minimum absolute atomic E-state index is 0.495. The molecule has 92 valence electrons. The highest BCUT2D eigenvalue weighted by Gasteiger charge is 2.41. The van der Waals surface area contributed by atoms with E-state index in [-0.39, 0.29) is 0 Å². The van der Waals surface area contributed by atoms with Crippen LogP contribution in [-0.2, 0) is 6.42 Å². The van der Waals surface area contributed by atoms with Gasteiger partial charge in [0.2, 0.25) is 0 Å². The van der Waals surface area contributed by atoms with E-state index in [4.69, 9.17) is 23.2 Å². The summed E-state index contributed by atoms with van der Waals surface area (Å²) in [7, 11) is 0. The van der Waals surface area contributed by atoms with Crippen molar-refractivity contribution in [2.75, 3.05) is 0 Å². The second kappa shape index (κ2) is 4.40. The first-order valence-electron chi connectivity index (χ1n) is 6.40. The van der Waals surface area contributed by atoms with Crippen molar-refractivity contribution >= 4 is 23.2 Å². The third kappa shape index (κ3) is 1.96. The van der Waals surface area contributed by atoms with Crippen LogP contribution in [0.5, 0.6) is 0 Å². The van der Waals surface area contributed by atoms with Gasteiger partial charge in [0.25, 0.3) is 0 Å². The van der Waals surface area contributed by atoms with E-state index in [0.29, 0.717) is 16.2 Å². The van der Waals surface area contributed by atoms with Gasteiger partial charge in [-0.3, -0.25) is 0 Å². The van der Waals surface area contributed by atoms with E-state index in [0.717, 1.165) is 29.6 Å². The first kappa shape index (κ1) is 11.7. The van der Waals surface area contributed by atoms with Crippen molar-refractivity contribution in [3.63, 3.8) is 0 Å². The Morgan fingerprint density at radius 2 is 1.82 bits per heavy atom. The van der Waals surface area contributed by atoms with Crippen molar-refractivity contribution in [1.82, 2.24) is 9.97 Å². The molecule has 2 nitrogen and oxygen atoms in total. The average Bonchev–Trinajstić information content (AvgIpc) is 2.90. The standard InChI is InChI=1S/C13H16Cl2N2/c1-2-9-11(14)16-13(17-12(9)15)10-6-7-3-4-8(10)5-7/h7-8,10H,2-6H2,1H3. The molecule has 3 rings (SSSR count). The maximum Gasteiger partial charge on any atom is 0.137 e. The lowest BCUT2D eigenvalue weighted by atomic mass is 9.88.